The van der Waals surface area contributed by atoms with Crippen LogP contribution in [0.4, 0.5) is 0 Å². The van der Waals surface area contributed by atoms with Gasteiger partial charge in [0.15, 0.2) is 0 Å². The summed E-state index contributed by atoms with van der Waals surface area (Å²) in [6, 6.07) is 9.39. The molecule has 2 aromatic rings. The number of rotatable bonds is 2. The standard InChI is InChI=1S/C18H20ClN3/c1-2-22-10-11(6-7-20)8-13-12-4-3-5-15-17(12)14(9-16(13)22)18(19)21-15/h3-5,11,13,16,21H,2,6,8-10H2,1H3/t11?,13?,16-/m1/s1. The quantitative estimate of drug-likeness (QED) is 0.907. The van der Waals surface area contributed by atoms with Gasteiger partial charge >= 0.3 is 0 Å². The minimum Gasteiger partial charge on any atom is -0.345 e. The zero-order valence-electron chi connectivity index (χ0n) is 12.8. The highest BCUT2D eigenvalue weighted by molar-refractivity contribution is 6.32. The van der Waals surface area contributed by atoms with Crippen molar-refractivity contribution < 1.29 is 0 Å². The van der Waals surface area contributed by atoms with E-state index in [1.54, 1.807) is 0 Å². The summed E-state index contributed by atoms with van der Waals surface area (Å²) in [7, 11) is 0. The predicted octanol–water partition coefficient (Wildman–Crippen LogP) is 4.09. The van der Waals surface area contributed by atoms with Crippen LogP contribution in [0.3, 0.4) is 0 Å². The highest BCUT2D eigenvalue weighted by Gasteiger charge is 2.40. The van der Waals surface area contributed by atoms with Gasteiger partial charge in [-0.1, -0.05) is 30.7 Å². The van der Waals surface area contributed by atoms with Crippen LogP contribution < -0.4 is 0 Å². The van der Waals surface area contributed by atoms with E-state index in [1.165, 1.54) is 16.5 Å². The van der Waals surface area contributed by atoms with Crippen LogP contribution in [0.1, 0.15) is 36.8 Å². The van der Waals surface area contributed by atoms with E-state index in [4.69, 9.17) is 16.9 Å². The van der Waals surface area contributed by atoms with E-state index in [1.807, 2.05) is 0 Å². The first kappa shape index (κ1) is 14.1. The van der Waals surface area contributed by atoms with Gasteiger partial charge in [-0.15, -0.1) is 0 Å². The van der Waals surface area contributed by atoms with Gasteiger partial charge in [-0.3, -0.25) is 4.90 Å². The van der Waals surface area contributed by atoms with Gasteiger partial charge in [-0.25, -0.2) is 0 Å². The third kappa shape index (κ3) is 1.98. The van der Waals surface area contributed by atoms with Crippen LogP contribution in [0.5, 0.6) is 0 Å². The normalized spacial score (nSPS) is 27.6. The molecular formula is C18H20ClN3. The van der Waals surface area contributed by atoms with Gasteiger partial charge in [0, 0.05) is 35.8 Å². The summed E-state index contributed by atoms with van der Waals surface area (Å²) in [6.07, 6.45) is 2.81. The van der Waals surface area contributed by atoms with E-state index >= 15 is 0 Å². The van der Waals surface area contributed by atoms with Crippen molar-refractivity contribution >= 4 is 22.5 Å². The van der Waals surface area contributed by atoms with E-state index < -0.39 is 0 Å². The molecule has 1 N–H and O–H groups in total. The third-order valence-corrected chi connectivity index (χ3v) is 5.84. The largest absolute Gasteiger partial charge is 0.345 e. The van der Waals surface area contributed by atoms with Crippen LogP contribution in [-0.4, -0.2) is 29.0 Å². The molecule has 4 heteroatoms. The van der Waals surface area contributed by atoms with E-state index in [0.29, 0.717) is 24.3 Å². The Kier molecular flexibility index (Phi) is 3.40. The zero-order valence-corrected chi connectivity index (χ0v) is 13.5. The number of benzene rings is 1. The number of aromatic nitrogens is 1. The summed E-state index contributed by atoms with van der Waals surface area (Å²) < 4.78 is 0. The maximum absolute atomic E-state index is 9.10. The maximum atomic E-state index is 9.10. The Bertz CT molecular complexity index is 758. The number of H-pyrrole nitrogens is 1. The van der Waals surface area contributed by atoms with E-state index in [2.05, 4.69) is 41.1 Å². The Morgan fingerprint density at radius 3 is 3.09 bits per heavy atom. The number of nitriles is 1. The molecule has 4 rings (SSSR count). The summed E-state index contributed by atoms with van der Waals surface area (Å²) in [5.41, 5.74) is 3.86. The fourth-order valence-corrected chi connectivity index (χ4v) is 4.86. The lowest BCUT2D eigenvalue weighted by Crippen LogP contribution is -2.49. The van der Waals surface area contributed by atoms with Crippen molar-refractivity contribution in [2.45, 2.75) is 38.1 Å². The molecule has 22 heavy (non-hydrogen) atoms. The second-order valence-corrected chi connectivity index (χ2v) is 6.99. The van der Waals surface area contributed by atoms with Gasteiger partial charge in [0.25, 0.3) is 0 Å². The summed E-state index contributed by atoms with van der Waals surface area (Å²) in [5.74, 6) is 1.01. The van der Waals surface area contributed by atoms with Gasteiger partial charge < -0.3 is 4.98 Å². The van der Waals surface area contributed by atoms with Crippen LogP contribution in [0, 0.1) is 17.2 Å². The SMILES string of the molecule is CCN1CC(CC#N)CC2c3cccc4[nH]c(Cl)c(c34)C[C@H]21. The molecule has 3 atom stereocenters. The minimum absolute atomic E-state index is 0.484. The van der Waals surface area contributed by atoms with Gasteiger partial charge in [0.1, 0.15) is 5.15 Å². The molecule has 0 bridgehead atoms. The average molecular weight is 314 g/mol. The van der Waals surface area contributed by atoms with Crippen molar-refractivity contribution in [1.29, 1.82) is 5.26 Å². The highest BCUT2D eigenvalue weighted by atomic mass is 35.5. The number of fused-ring (bicyclic) bond motifs is 2. The summed E-state index contributed by atoms with van der Waals surface area (Å²) in [6.45, 7) is 4.30. The van der Waals surface area contributed by atoms with Crippen LogP contribution in [0.2, 0.25) is 5.15 Å². The Labute approximate surface area is 135 Å². The fourth-order valence-electron chi connectivity index (χ4n) is 4.58. The summed E-state index contributed by atoms with van der Waals surface area (Å²) in [4.78, 5) is 5.89. The molecule has 0 radical (unpaired) electrons. The Morgan fingerprint density at radius 1 is 1.45 bits per heavy atom. The Hall–Kier alpha value is -1.50. The van der Waals surface area contributed by atoms with Crippen molar-refractivity contribution in [3.05, 3.63) is 34.5 Å². The fraction of sp³-hybridized carbons (Fsp3) is 0.500. The second kappa shape index (κ2) is 5.30. The highest BCUT2D eigenvalue weighted by Crippen LogP contribution is 2.46. The molecule has 3 nitrogen and oxygen atoms in total. The molecule has 0 saturated carbocycles. The van der Waals surface area contributed by atoms with Crippen molar-refractivity contribution in [2.75, 3.05) is 13.1 Å². The number of hydrogen-bond acceptors (Lipinski definition) is 2. The molecule has 1 aliphatic carbocycles. The second-order valence-electron chi connectivity index (χ2n) is 6.62. The topological polar surface area (TPSA) is 42.8 Å². The number of nitrogens with one attached hydrogen (secondary N) is 1. The summed E-state index contributed by atoms with van der Waals surface area (Å²) >= 11 is 6.46. The third-order valence-electron chi connectivity index (χ3n) is 5.52. The molecule has 1 aliphatic heterocycles. The van der Waals surface area contributed by atoms with Gasteiger partial charge in [-0.2, -0.15) is 5.26 Å². The zero-order chi connectivity index (χ0) is 15.3. The molecular weight excluding hydrogens is 294 g/mol. The minimum atomic E-state index is 0.484. The first-order valence-corrected chi connectivity index (χ1v) is 8.50. The smallest absolute Gasteiger partial charge is 0.110 e. The molecule has 2 heterocycles. The van der Waals surface area contributed by atoms with E-state index in [-0.39, 0.29) is 0 Å². The van der Waals surface area contributed by atoms with Crippen molar-refractivity contribution in [1.82, 2.24) is 9.88 Å². The monoisotopic (exact) mass is 313 g/mol. The first-order chi connectivity index (χ1) is 10.7. The van der Waals surface area contributed by atoms with Crippen molar-refractivity contribution in [3.63, 3.8) is 0 Å². The number of hydrogen-bond donors (Lipinski definition) is 1. The first-order valence-electron chi connectivity index (χ1n) is 8.12. The summed E-state index contributed by atoms with van der Waals surface area (Å²) in [5, 5.41) is 11.2. The molecule has 1 aromatic heterocycles. The van der Waals surface area contributed by atoms with Crippen LogP contribution >= 0.6 is 11.6 Å². The van der Waals surface area contributed by atoms with Gasteiger partial charge in [0.05, 0.1) is 6.07 Å². The van der Waals surface area contributed by atoms with Crippen molar-refractivity contribution in [2.24, 2.45) is 5.92 Å². The number of aromatic amines is 1. The van der Waals surface area contributed by atoms with E-state index in [9.17, 15) is 0 Å². The lowest BCUT2D eigenvalue weighted by Gasteiger charge is -2.46. The van der Waals surface area contributed by atoms with Crippen LogP contribution in [-0.2, 0) is 6.42 Å². The Balaban J connectivity index is 1.84. The predicted molar refractivity (Wildman–Crippen MR) is 89.1 cm³/mol. The number of nitrogens with zero attached hydrogens (tertiary/aromatic N) is 2. The molecule has 2 unspecified atom stereocenters. The number of halogens is 1. The van der Waals surface area contributed by atoms with Crippen LogP contribution in [0.25, 0.3) is 10.9 Å². The Morgan fingerprint density at radius 2 is 2.32 bits per heavy atom. The van der Waals surface area contributed by atoms with Gasteiger partial charge in [-0.05, 0) is 42.5 Å². The molecule has 2 aliphatic rings. The molecule has 1 saturated heterocycles. The molecule has 0 spiro atoms. The van der Waals surface area contributed by atoms with E-state index in [0.717, 1.165) is 36.6 Å². The average Bonchev–Trinajstić information content (AvgIpc) is 2.85. The molecule has 1 fully saturated rings. The molecule has 0 amide bonds. The lowest BCUT2D eigenvalue weighted by atomic mass is 9.72. The number of piperidine rings is 1. The molecule has 114 valence electrons. The van der Waals surface area contributed by atoms with Gasteiger partial charge in [0.2, 0.25) is 0 Å². The molecule has 1 aromatic carbocycles. The number of likely N-dealkylation sites (N-methyl/N-ethyl adjacent to an activating group) is 1. The maximum Gasteiger partial charge on any atom is 0.110 e. The lowest BCUT2D eigenvalue weighted by molar-refractivity contribution is 0.0917. The van der Waals surface area contributed by atoms with Crippen molar-refractivity contribution in [3.8, 4) is 6.07 Å². The number of likely N-dealkylation sites (tertiary alicyclic amines) is 1. The van der Waals surface area contributed by atoms with Crippen LogP contribution in [0.15, 0.2) is 18.2 Å².